The Morgan fingerprint density at radius 1 is 1.46 bits per heavy atom. The van der Waals surface area contributed by atoms with E-state index in [0.717, 1.165) is 12.8 Å². The van der Waals surface area contributed by atoms with Crippen LogP contribution in [-0.4, -0.2) is 23.7 Å². The minimum atomic E-state index is -1.16. The number of esters is 1. The average Bonchev–Trinajstić information content (AvgIpc) is 2.04. The van der Waals surface area contributed by atoms with E-state index in [0.29, 0.717) is 6.61 Å². The number of aliphatic carboxylic acids is 1. The summed E-state index contributed by atoms with van der Waals surface area (Å²) in [4.78, 5) is 21.1. The van der Waals surface area contributed by atoms with Gasteiger partial charge in [-0.25, -0.2) is 4.79 Å². The Labute approximate surface area is 77.2 Å². The van der Waals surface area contributed by atoms with Crippen molar-refractivity contribution in [2.24, 2.45) is 0 Å². The van der Waals surface area contributed by atoms with Crippen molar-refractivity contribution >= 4 is 11.9 Å². The van der Waals surface area contributed by atoms with Gasteiger partial charge in [0.05, 0.1) is 13.0 Å². The number of carbonyl (C=O) groups excluding carboxylic acids is 1. The number of carboxylic acids is 1. The van der Waals surface area contributed by atoms with Crippen molar-refractivity contribution in [3.8, 4) is 0 Å². The van der Waals surface area contributed by atoms with Crippen LogP contribution >= 0.6 is 0 Å². The van der Waals surface area contributed by atoms with Gasteiger partial charge in [-0.15, -0.1) is 0 Å². The van der Waals surface area contributed by atoms with Gasteiger partial charge >= 0.3 is 11.9 Å². The molecule has 0 aliphatic heterocycles. The molecular weight excluding hydrogens is 172 g/mol. The highest BCUT2D eigenvalue weighted by Gasteiger charge is 2.10. The molecule has 0 fully saturated rings. The van der Waals surface area contributed by atoms with E-state index >= 15 is 0 Å². The van der Waals surface area contributed by atoms with Gasteiger partial charge in [0, 0.05) is 5.57 Å². The van der Waals surface area contributed by atoms with Crippen molar-refractivity contribution in [3.05, 3.63) is 12.2 Å². The van der Waals surface area contributed by atoms with Gasteiger partial charge in [0.1, 0.15) is 0 Å². The molecule has 0 aromatic heterocycles. The minimum absolute atomic E-state index is 0.138. The fraction of sp³-hybridized carbons (Fsp3) is 0.556. The van der Waals surface area contributed by atoms with Crippen molar-refractivity contribution in [2.45, 2.75) is 26.2 Å². The van der Waals surface area contributed by atoms with E-state index in [1.54, 1.807) is 0 Å². The number of carboxylic acid groups (broad SMARTS) is 1. The number of carbonyl (C=O) groups is 2. The summed E-state index contributed by atoms with van der Waals surface area (Å²) in [5, 5.41) is 8.40. The molecule has 0 saturated carbocycles. The Morgan fingerprint density at radius 2 is 2.08 bits per heavy atom. The van der Waals surface area contributed by atoms with Gasteiger partial charge in [0.15, 0.2) is 0 Å². The highest BCUT2D eigenvalue weighted by molar-refractivity contribution is 5.91. The maximum Gasteiger partial charge on any atom is 0.331 e. The Morgan fingerprint density at radius 3 is 2.54 bits per heavy atom. The van der Waals surface area contributed by atoms with Crippen molar-refractivity contribution in [3.63, 3.8) is 0 Å². The van der Waals surface area contributed by atoms with Crippen molar-refractivity contribution in [1.29, 1.82) is 0 Å². The van der Waals surface area contributed by atoms with Crippen LogP contribution in [0.4, 0.5) is 0 Å². The maximum absolute atomic E-state index is 10.9. The summed E-state index contributed by atoms with van der Waals surface area (Å²) in [7, 11) is 0. The SMILES string of the molecule is C=C(CC(=O)OCCCC)C(=O)O. The second-order valence-corrected chi connectivity index (χ2v) is 2.66. The Kier molecular flexibility index (Phi) is 5.59. The Balaban J connectivity index is 3.62. The topological polar surface area (TPSA) is 63.6 Å². The normalized spacial score (nSPS) is 9.31. The molecule has 0 aromatic rings. The molecule has 74 valence electrons. The molecule has 0 rings (SSSR count). The molecule has 0 aliphatic carbocycles. The number of rotatable bonds is 6. The van der Waals surface area contributed by atoms with Crippen molar-refractivity contribution in [2.75, 3.05) is 6.61 Å². The smallest absolute Gasteiger partial charge is 0.331 e. The standard InChI is InChI=1S/C9H14O4/c1-3-4-5-13-8(10)6-7(2)9(11)12/h2-6H2,1H3,(H,11,12). The second kappa shape index (κ2) is 6.22. The summed E-state index contributed by atoms with van der Waals surface area (Å²) < 4.78 is 4.74. The summed E-state index contributed by atoms with van der Waals surface area (Å²) in [6.07, 6.45) is 1.50. The first-order valence-corrected chi connectivity index (χ1v) is 4.14. The van der Waals surface area contributed by atoms with Gasteiger partial charge in [-0.05, 0) is 6.42 Å². The number of unbranched alkanes of at least 4 members (excludes halogenated alkanes) is 1. The van der Waals surface area contributed by atoms with Gasteiger partial charge in [0.2, 0.25) is 0 Å². The fourth-order valence-electron chi connectivity index (χ4n) is 0.631. The molecule has 0 aliphatic rings. The lowest BCUT2D eigenvalue weighted by atomic mass is 10.2. The van der Waals surface area contributed by atoms with E-state index < -0.39 is 11.9 Å². The molecule has 0 atom stereocenters. The molecule has 0 bridgehead atoms. The first kappa shape index (κ1) is 11.7. The molecule has 0 amide bonds. The molecule has 13 heavy (non-hydrogen) atoms. The molecule has 0 heterocycles. The van der Waals surface area contributed by atoms with Crippen LogP contribution in [0, 0.1) is 0 Å². The first-order valence-electron chi connectivity index (χ1n) is 4.14. The third kappa shape index (κ3) is 5.90. The number of hydrogen-bond acceptors (Lipinski definition) is 3. The maximum atomic E-state index is 10.9. The molecule has 4 heteroatoms. The van der Waals surface area contributed by atoms with Crippen LogP contribution < -0.4 is 0 Å². The van der Waals surface area contributed by atoms with Crippen LogP contribution in [0.25, 0.3) is 0 Å². The highest BCUT2D eigenvalue weighted by Crippen LogP contribution is 2.00. The Bertz CT molecular complexity index is 208. The third-order valence-corrected chi connectivity index (χ3v) is 1.42. The molecule has 1 N–H and O–H groups in total. The fourth-order valence-corrected chi connectivity index (χ4v) is 0.631. The quantitative estimate of drug-likeness (QED) is 0.386. The van der Waals surface area contributed by atoms with Crippen LogP contribution in [0.15, 0.2) is 12.2 Å². The zero-order valence-electron chi connectivity index (χ0n) is 7.71. The van der Waals surface area contributed by atoms with Crippen LogP contribution in [0.5, 0.6) is 0 Å². The lowest BCUT2D eigenvalue weighted by Crippen LogP contribution is -2.10. The molecule has 0 spiro atoms. The molecule has 0 aromatic carbocycles. The third-order valence-electron chi connectivity index (χ3n) is 1.42. The van der Waals surface area contributed by atoms with Gasteiger partial charge in [-0.3, -0.25) is 4.79 Å². The van der Waals surface area contributed by atoms with Crippen LogP contribution in [0.2, 0.25) is 0 Å². The van der Waals surface area contributed by atoms with E-state index in [2.05, 4.69) is 6.58 Å². The van der Waals surface area contributed by atoms with E-state index in [1.807, 2.05) is 6.92 Å². The zero-order chi connectivity index (χ0) is 10.3. The van der Waals surface area contributed by atoms with Gasteiger partial charge in [-0.1, -0.05) is 19.9 Å². The molecule has 4 nitrogen and oxygen atoms in total. The van der Waals surface area contributed by atoms with Crippen LogP contribution in [-0.2, 0) is 14.3 Å². The lowest BCUT2D eigenvalue weighted by Gasteiger charge is -2.02. The summed E-state index contributed by atoms with van der Waals surface area (Å²) in [6, 6.07) is 0. The molecule has 0 radical (unpaired) electrons. The van der Waals surface area contributed by atoms with E-state index in [1.165, 1.54) is 0 Å². The van der Waals surface area contributed by atoms with E-state index in [-0.39, 0.29) is 12.0 Å². The zero-order valence-corrected chi connectivity index (χ0v) is 7.71. The Hall–Kier alpha value is -1.32. The summed E-state index contributed by atoms with van der Waals surface area (Å²) in [6.45, 7) is 5.55. The first-order chi connectivity index (χ1) is 6.07. The monoisotopic (exact) mass is 186 g/mol. The predicted octanol–water partition coefficient (Wildman–Crippen LogP) is 1.36. The summed E-state index contributed by atoms with van der Waals surface area (Å²) in [5.74, 6) is -1.69. The van der Waals surface area contributed by atoms with Crippen molar-refractivity contribution in [1.82, 2.24) is 0 Å². The van der Waals surface area contributed by atoms with Gasteiger partial charge < -0.3 is 9.84 Å². The second-order valence-electron chi connectivity index (χ2n) is 2.66. The summed E-state index contributed by atoms with van der Waals surface area (Å²) >= 11 is 0. The van der Waals surface area contributed by atoms with Crippen LogP contribution in [0.1, 0.15) is 26.2 Å². The largest absolute Gasteiger partial charge is 0.478 e. The summed E-state index contributed by atoms with van der Waals surface area (Å²) in [5.41, 5.74) is -0.138. The van der Waals surface area contributed by atoms with E-state index in [9.17, 15) is 9.59 Å². The van der Waals surface area contributed by atoms with Gasteiger partial charge in [0.25, 0.3) is 0 Å². The van der Waals surface area contributed by atoms with Crippen molar-refractivity contribution < 1.29 is 19.4 Å². The minimum Gasteiger partial charge on any atom is -0.478 e. The predicted molar refractivity (Wildman–Crippen MR) is 47.3 cm³/mol. The lowest BCUT2D eigenvalue weighted by molar-refractivity contribution is -0.144. The number of ether oxygens (including phenoxy) is 1. The highest BCUT2D eigenvalue weighted by atomic mass is 16.5. The molecular formula is C9H14O4. The molecule has 0 unspecified atom stereocenters. The van der Waals surface area contributed by atoms with E-state index in [4.69, 9.17) is 9.84 Å². The molecule has 0 saturated heterocycles. The van der Waals surface area contributed by atoms with Crippen LogP contribution in [0.3, 0.4) is 0 Å². The average molecular weight is 186 g/mol. The van der Waals surface area contributed by atoms with Gasteiger partial charge in [-0.2, -0.15) is 0 Å². The number of hydrogen-bond donors (Lipinski definition) is 1.